The minimum Gasteiger partial charge on any atom is -0.392 e. The van der Waals surface area contributed by atoms with Gasteiger partial charge in [0, 0.05) is 26.2 Å². The summed E-state index contributed by atoms with van der Waals surface area (Å²) < 4.78 is 0. The van der Waals surface area contributed by atoms with Gasteiger partial charge in [-0.05, 0) is 19.4 Å². The van der Waals surface area contributed by atoms with Crippen molar-refractivity contribution in [3.05, 3.63) is 0 Å². The van der Waals surface area contributed by atoms with Crippen LogP contribution in [0.3, 0.4) is 0 Å². The van der Waals surface area contributed by atoms with E-state index < -0.39 is 0 Å². The Kier molecular flexibility index (Phi) is 6.24. The zero-order chi connectivity index (χ0) is 12.0. The van der Waals surface area contributed by atoms with Crippen LogP contribution in [0.2, 0.25) is 0 Å². The lowest BCUT2D eigenvalue weighted by Crippen LogP contribution is -2.53. The van der Waals surface area contributed by atoms with Crippen LogP contribution in [0, 0.1) is 0 Å². The van der Waals surface area contributed by atoms with Gasteiger partial charge in [-0.3, -0.25) is 4.90 Å². The van der Waals surface area contributed by atoms with Gasteiger partial charge in [0.25, 0.3) is 0 Å². The first-order valence-electron chi connectivity index (χ1n) is 6.44. The summed E-state index contributed by atoms with van der Waals surface area (Å²) >= 11 is 5.12. The van der Waals surface area contributed by atoms with Crippen LogP contribution in [0.15, 0.2) is 0 Å². The summed E-state index contributed by atoms with van der Waals surface area (Å²) in [5, 5.41) is 0. The fourth-order valence-electron chi connectivity index (χ4n) is 2.32. The number of nitrogens with two attached hydrogens (primary N) is 1. The molecule has 0 radical (unpaired) electrons. The van der Waals surface area contributed by atoms with Crippen LogP contribution in [0.5, 0.6) is 0 Å². The number of hydrogen-bond acceptors (Lipinski definition) is 3. The van der Waals surface area contributed by atoms with Gasteiger partial charge in [0.15, 0.2) is 0 Å². The fraction of sp³-hybridized carbons (Fsp3) is 0.917. The van der Waals surface area contributed by atoms with E-state index in [2.05, 4.69) is 23.6 Å². The summed E-state index contributed by atoms with van der Waals surface area (Å²) in [6.45, 7) is 10.2. The Morgan fingerprint density at radius 1 is 1.25 bits per heavy atom. The van der Waals surface area contributed by atoms with Gasteiger partial charge in [-0.15, -0.1) is 0 Å². The van der Waals surface area contributed by atoms with Gasteiger partial charge in [0.2, 0.25) is 0 Å². The molecule has 0 aromatic heterocycles. The second-order valence-corrected chi connectivity index (χ2v) is 5.03. The first kappa shape index (κ1) is 13.9. The lowest BCUT2D eigenvalue weighted by molar-refractivity contribution is 0.115. The Morgan fingerprint density at radius 2 is 1.88 bits per heavy atom. The van der Waals surface area contributed by atoms with Gasteiger partial charge in [-0.1, -0.05) is 32.5 Å². The smallest absolute Gasteiger partial charge is 0.0901 e. The Balaban J connectivity index is 2.33. The minimum absolute atomic E-state index is 0.309. The molecule has 1 aliphatic heterocycles. The normalized spacial score (nSPS) is 20.9. The molecule has 1 atom stereocenters. The van der Waals surface area contributed by atoms with Gasteiger partial charge in [0.1, 0.15) is 0 Å². The standard InChI is InChI=1S/C12H25N3S/c1-3-5-6-14-7-9-15(10-8-14)11(4-2)12(13)16/h11H,3-10H2,1-2H3,(H2,13,16). The molecule has 2 N–H and O–H groups in total. The highest BCUT2D eigenvalue weighted by molar-refractivity contribution is 7.80. The molecule has 3 nitrogen and oxygen atoms in total. The van der Waals surface area contributed by atoms with Crippen molar-refractivity contribution in [2.45, 2.75) is 39.2 Å². The van der Waals surface area contributed by atoms with Crippen molar-refractivity contribution >= 4 is 17.2 Å². The lowest BCUT2D eigenvalue weighted by atomic mass is 10.1. The first-order chi connectivity index (χ1) is 7.69. The summed E-state index contributed by atoms with van der Waals surface area (Å²) in [7, 11) is 0. The average Bonchev–Trinajstić information content (AvgIpc) is 2.28. The van der Waals surface area contributed by atoms with Crippen molar-refractivity contribution in [1.82, 2.24) is 9.80 Å². The molecule has 1 rings (SSSR count). The van der Waals surface area contributed by atoms with Crippen LogP contribution in [0.1, 0.15) is 33.1 Å². The Hall–Kier alpha value is -0.190. The van der Waals surface area contributed by atoms with E-state index in [4.69, 9.17) is 18.0 Å². The van der Waals surface area contributed by atoms with Gasteiger partial charge < -0.3 is 10.6 Å². The Morgan fingerprint density at radius 3 is 2.31 bits per heavy atom. The molecule has 0 amide bonds. The van der Waals surface area contributed by atoms with Crippen molar-refractivity contribution < 1.29 is 0 Å². The maximum atomic E-state index is 5.77. The molecular weight excluding hydrogens is 218 g/mol. The molecule has 4 heteroatoms. The van der Waals surface area contributed by atoms with Crippen LogP contribution in [0.4, 0.5) is 0 Å². The third-order valence-electron chi connectivity index (χ3n) is 3.39. The number of piperazine rings is 1. The molecule has 0 bridgehead atoms. The van der Waals surface area contributed by atoms with E-state index in [-0.39, 0.29) is 0 Å². The number of hydrogen-bond donors (Lipinski definition) is 1. The van der Waals surface area contributed by atoms with Crippen LogP contribution in [0.25, 0.3) is 0 Å². The number of nitrogens with zero attached hydrogens (tertiary/aromatic N) is 2. The van der Waals surface area contributed by atoms with Crippen LogP contribution >= 0.6 is 12.2 Å². The monoisotopic (exact) mass is 243 g/mol. The SMILES string of the molecule is CCCCN1CCN(C(CC)C(N)=S)CC1. The van der Waals surface area contributed by atoms with E-state index >= 15 is 0 Å². The topological polar surface area (TPSA) is 32.5 Å². The lowest BCUT2D eigenvalue weighted by Gasteiger charge is -2.38. The highest BCUT2D eigenvalue weighted by Gasteiger charge is 2.23. The molecule has 1 heterocycles. The highest BCUT2D eigenvalue weighted by atomic mass is 32.1. The summed E-state index contributed by atoms with van der Waals surface area (Å²) in [6, 6.07) is 0.309. The number of thiocarbonyl (C=S) groups is 1. The van der Waals surface area contributed by atoms with Crippen molar-refractivity contribution in [3.8, 4) is 0 Å². The molecule has 1 unspecified atom stereocenters. The minimum atomic E-state index is 0.309. The van der Waals surface area contributed by atoms with Crippen molar-refractivity contribution in [2.24, 2.45) is 5.73 Å². The third-order valence-corrected chi connectivity index (χ3v) is 3.66. The predicted octanol–water partition coefficient (Wildman–Crippen LogP) is 1.47. The molecule has 1 saturated heterocycles. The van der Waals surface area contributed by atoms with Gasteiger partial charge in [-0.25, -0.2) is 0 Å². The Bertz CT molecular complexity index is 212. The van der Waals surface area contributed by atoms with E-state index in [0.29, 0.717) is 11.0 Å². The number of unbranched alkanes of at least 4 members (excludes halogenated alkanes) is 1. The second kappa shape index (κ2) is 7.20. The second-order valence-electron chi connectivity index (χ2n) is 4.56. The van der Waals surface area contributed by atoms with Crippen LogP contribution in [-0.4, -0.2) is 53.6 Å². The van der Waals surface area contributed by atoms with Crippen molar-refractivity contribution in [1.29, 1.82) is 0 Å². The molecule has 0 saturated carbocycles. The number of rotatable bonds is 6. The molecule has 0 aromatic carbocycles. The highest BCUT2D eigenvalue weighted by Crippen LogP contribution is 2.10. The third kappa shape index (κ3) is 4.00. The van der Waals surface area contributed by atoms with E-state index in [0.717, 1.165) is 19.5 Å². The molecule has 16 heavy (non-hydrogen) atoms. The van der Waals surface area contributed by atoms with E-state index in [9.17, 15) is 0 Å². The zero-order valence-electron chi connectivity index (χ0n) is 10.6. The van der Waals surface area contributed by atoms with Crippen molar-refractivity contribution in [2.75, 3.05) is 32.7 Å². The largest absolute Gasteiger partial charge is 0.392 e. The molecule has 0 aromatic rings. The molecule has 0 spiro atoms. The van der Waals surface area contributed by atoms with Crippen LogP contribution < -0.4 is 5.73 Å². The van der Waals surface area contributed by atoms with Gasteiger partial charge in [-0.2, -0.15) is 0 Å². The summed E-state index contributed by atoms with van der Waals surface area (Å²) in [5.74, 6) is 0. The summed E-state index contributed by atoms with van der Waals surface area (Å²) in [5.41, 5.74) is 5.77. The van der Waals surface area contributed by atoms with E-state index in [1.165, 1.54) is 32.5 Å². The zero-order valence-corrected chi connectivity index (χ0v) is 11.4. The first-order valence-corrected chi connectivity index (χ1v) is 6.85. The van der Waals surface area contributed by atoms with E-state index in [1.54, 1.807) is 0 Å². The molecule has 94 valence electrons. The predicted molar refractivity (Wildman–Crippen MR) is 73.8 cm³/mol. The molecule has 1 fully saturated rings. The molecule has 0 aliphatic carbocycles. The quantitative estimate of drug-likeness (QED) is 0.716. The Labute approximate surface area is 105 Å². The summed E-state index contributed by atoms with van der Waals surface area (Å²) in [6.07, 6.45) is 3.63. The van der Waals surface area contributed by atoms with Gasteiger partial charge >= 0.3 is 0 Å². The molecule has 1 aliphatic rings. The van der Waals surface area contributed by atoms with E-state index in [1.807, 2.05) is 0 Å². The van der Waals surface area contributed by atoms with Crippen LogP contribution in [-0.2, 0) is 0 Å². The maximum absolute atomic E-state index is 5.77. The fourth-order valence-corrected chi connectivity index (χ4v) is 2.64. The van der Waals surface area contributed by atoms with Crippen molar-refractivity contribution in [3.63, 3.8) is 0 Å². The summed E-state index contributed by atoms with van der Waals surface area (Å²) in [4.78, 5) is 5.64. The van der Waals surface area contributed by atoms with Gasteiger partial charge in [0.05, 0.1) is 11.0 Å². The average molecular weight is 243 g/mol. The molecular formula is C12H25N3S. The maximum Gasteiger partial charge on any atom is 0.0901 e.